The largest absolute Gasteiger partial charge is 0.497 e. The number of thioether (sulfide) groups is 1. The molecule has 0 atom stereocenters. The van der Waals surface area contributed by atoms with Gasteiger partial charge in [-0.3, -0.25) is 14.4 Å². The maximum absolute atomic E-state index is 12.7. The van der Waals surface area contributed by atoms with Crippen molar-refractivity contribution < 1.29 is 14.3 Å². The van der Waals surface area contributed by atoms with Crippen molar-refractivity contribution in [1.29, 1.82) is 0 Å². The first-order valence-electron chi connectivity index (χ1n) is 8.46. The van der Waals surface area contributed by atoms with Crippen LogP contribution in [-0.4, -0.2) is 41.0 Å². The molecule has 1 N–H and O–H groups in total. The predicted molar refractivity (Wildman–Crippen MR) is 102 cm³/mol. The Morgan fingerprint density at radius 2 is 2.19 bits per heavy atom. The smallest absolute Gasteiger partial charge is 0.292 e. The van der Waals surface area contributed by atoms with Crippen molar-refractivity contribution >= 4 is 29.3 Å². The number of hydrogen-bond acceptors (Lipinski definition) is 6. The molecule has 1 aliphatic rings. The van der Waals surface area contributed by atoms with Crippen LogP contribution < -0.4 is 20.5 Å². The number of carbonyl (C=O) groups excluding carboxylic acids is 2. The molecule has 0 radical (unpaired) electrons. The molecule has 0 unspecified atom stereocenters. The third-order valence-electron chi connectivity index (χ3n) is 4.14. The summed E-state index contributed by atoms with van der Waals surface area (Å²) in [6.07, 6.45) is 1.53. The molecule has 0 fully saturated rings. The second-order valence-corrected chi connectivity index (χ2v) is 6.89. The fourth-order valence-corrected chi connectivity index (χ4v) is 3.67. The van der Waals surface area contributed by atoms with E-state index in [-0.39, 0.29) is 24.1 Å². The minimum absolute atomic E-state index is 0.118. The summed E-state index contributed by atoms with van der Waals surface area (Å²) in [6, 6.07) is 7.35. The van der Waals surface area contributed by atoms with Crippen LogP contribution in [0.2, 0.25) is 0 Å². The minimum atomic E-state index is -0.438. The standard InChI is InChI=1S/C18H20N4O4S/c1-3-21-16(24)11-27-14-9-20-22(18(25)17(14)21)10-15(23)19-8-12-5-4-6-13(7-12)26-2/h4-7,9H,3,8,10-11H2,1-2H3,(H,19,23). The highest BCUT2D eigenvalue weighted by molar-refractivity contribution is 8.00. The van der Waals surface area contributed by atoms with Gasteiger partial charge in [-0.25, -0.2) is 4.68 Å². The van der Waals surface area contributed by atoms with E-state index in [9.17, 15) is 14.4 Å². The van der Waals surface area contributed by atoms with Gasteiger partial charge in [0.25, 0.3) is 5.56 Å². The first-order chi connectivity index (χ1) is 13.0. The Bertz CT molecular complexity index is 928. The van der Waals surface area contributed by atoms with Crippen LogP contribution in [0, 0.1) is 0 Å². The van der Waals surface area contributed by atoms with Crippen LogP contribution in [0.25, 0.3) is 0 Å². The number of aromatic nitrogens is 2. The van der Waals surface area contributed by atoms with E-state index in [1.165, 1.54) is 22.9 Å². The van der Waals surface area contributed by atoms with Crippen LogP contribution in [0.3, 0.4) is 0 Å². The Morgan fingerprint density at radius 1 is 1.37 bits per heavy atom. The third kappa shape index (κ3) is 4.13. The van der Waals surface area contributed by atoms with Crippen molar-refractivity contribution in [2.75, 3.05) is 24.3 Å². The molecule has 2 aromatic rings. The highest BCUT2D eigenvalue weighted by atomic mass is 32.2. The molecule has 2 heterocycles. The van der Waals surface area contributed by atoms with E-state index < -0.39 is 5.56 Å². The van der Waals surface area contributed by atoms with Gasteiger partial charge in [0.2, 0.25) is 11.8 Å². The molecular formula is C18H20N4O4S. The van der Waals surface area contributed by atoms with Gasteiger partial charge in [0.05, 0.1) is 24.0 Å². The Labute approximate surface area is 160 Å². The lowest BCUT2D eigenvalue weighted by Crippen LogP contribution is -2.42. The number of nitrogens with one attached hydrogen (secondary N) is 1. The Hall–Kier alpha value is -2.81. The van der Waals surface area contributed by atoms with Gasteiger partial charge >= 0.3 is 0 Å². The summed E-state index contributed by atoms with van der Waals surface area (Å²) < 4.78 is 6.24. The molecule has 0 saturated heterocycles. The molecule has 0 bridgehead atoms. The van der Waals surface area contributed by atoms with Gasteiger partial charge in [-0.15, -0.1) is 11.8 Å². The molecule has 1 aliphatic heterocycles. The van der Waals surface area contributed by atoms with Gasteiger partial charge in [-0.05, 0) is 24.6 Å². The maximum atomic E-state index is 12.7. The molecule has 1 aromatic carbocycles. The quantitative estimate of drug-likeness (QED) is 0.794. The van der Waals surface area contributed by atoms with Crippen LogP contribution in [-0.2, 0) is 22.7 Å². The van der Waals surface area contributed by atoms with E-state index in [4.69, 9.17) is 4.74 Å². The molecule has 27 heavy (non-hydrogen) atoms. The van der Waals surface area contributed by atoms with Gasteiger partial charge in [0.15, 0.2) is 0 Å². The summed E-state index contributed by atoms with van der Waals surface area (Å²) >= 11 is 1.29. The van der Waals surface area contributed by atoms with Crippen LogP contribution in [0.4, 0.5) is 5.69 Å². The SMILES string of the molecule is CCN1C(=O)CSc2cnn(CC(=O)NCc3cccc(OC)c3)c(=O)c21. The van der Waals surface area contributed by atoms with Gasteiger partial charge < -0.3 is 15.0 Å². The van der Waals surface area contributed by atoms with Gasteiger partial charge in [0, 0.05) is 13.1 Å². The van der Waals surface area contributed by atoms with Gasteiger partial charge in [0.1, 0.15) is 18.0 Å². The molecule has 0 aliphatic carbocycles. The summed E-state index contributed by atoms with van der Waals surface area (Å²) in [7, 11) is 1.58. The van der Waals surface area contributed by atoms with E-state index in [0.29, 0.717) is 29.4 Å². The van der Waals surface area contributed by atoms with Crippen LogP contribution in [0.1, 0.15) is 12.5 Å². The zero-order valence-corrected chi connectivity index (χ0v) is 15.9. The monoisotopic (exact) mass is 388 g/mol. The maximum Gasteiger partial charge on any atom is 0.292 e. The number of rotatable bonds is 6. The normalized spacial score (nSPS) is 13.3. The fourth-order valence-electron chi connectivity index (χ4n) is 2.78. The van der Waals surface area contributed by atoms with Gasteiger partial charge in [-0.1, -0.05) is 12.1 Å². The third-order valence-corrected chi connectivity index (χ3v) is 5.14. The summed E-state index contributed by atoms with van der Waals surface area (Å²) in [5.74, 6) is 0.529. The fraction of sp³-hybridized carbons (Fsp3) is 0.333. The lowest BCUT2D eigenvalue weighted by molar-refractivity contribution is -0.122. The van der Waals surface area contributed by atoms with E-state index in [1.54, 1.807) is 7.11 Å². The first kappa shape index (κ1) is 19.0. The van der Waals surface area contributed by atoms with Crippen LogP contribution >= 0.6 is 11.8 Å². The number of fused-ring (bicyclic) bond motifs is 1. The molecular weight excluding hydrogens is 368 g/mol. The molecule has 0 spiro atoms. The van der Waals surface area contributed by atoms with Crippen molar-refractivity contribution in [3.63, 3.8) is 0 Å². The van der Waals surface area contributed by atoms with Crippen molar-refractivity contribution in [3.8, 4) is 5.75 Å². The molecule has 9 heteroatoms. The van der Waals surface area contributed by atoms with E-state index in [1.807, 2.05) is 31.2 Å². The number of nitrogens with zero attached hydrogens (tertiary/aromatic N) is 3. The summed E-state index contributed by atoms with van der Waals surface area (Å²) in [6.45, 7) is 2.30. The van der Waals surface area contributed by atoms with Crippen LogP contribution in [0.5, 0.6) is 5.75 Å². The Kier molecular flexibility index (Phi) is 5.80. The average Bonchev–Trinajstić information content (AvgIpc) is 2.69. The zero-order valence-electron chi connectivity index (χ0n) is 15.1. The van der Waals surface area contributed by atoms with Crippen molar-refractivity contribution in [2.24, 2.45) is 0 Å². The molecule has 3 rings (SSSR count). The summed E-state index contributed by atoms with van der Waals surface area (Å²) in [5.41, 5.74) is 0.744. The van der Waals surface area contributed by atoms with E-state index in [2.05, 4.69) is 10.4 Å². The molecule has 2 amide bonds. The Morgan fingerprint density at radius 3 is 2.93 bits per heavy atom. The number of methoxy groups -OCH3 is 1. The van der Waals surface area contributed by atoms with Crippen molar-refractivity contribution in [2.45, 2.75) is 24.9 Å². The van der Waals surface area contributed by atoms with Crippen molar-refractivity contribution in [3.05, 3.63) is 46.4 Å². The molecule has 1 aromatic heterocycles. The topological polar surface area (TPSA) is 93.5 Å². The lowest BCUT2D eigenvalue weighted by atomic mass is 10.2. The summed E-state index contributed by atoms with van der Waals surface area (Å²) in [5, 5.41) is 6.83. The number of carbonyl (C=O) groups is 2. The number of amides is 2. The molecule has 142 valence electrons. The first-order valence-corrected chi connectivity index (χ1v) is 9.45. The van der Waals surface area contributed by atoms with Crippen LogP contribution in [0.15, 0.2) is 40.2 Å². The second kappa shape index (κ2) is 8.26. The predicted octanol–water partition coefficient (Wildman–Crippen LogP) is 1.03. The van der Waals surface area contributed by atoms with E-state index in [0.717, 1.165) is 10.2 Å². The van der Waals surface area contributed by atoms with Crippen molar-refractivity contribution in [1.82, 2.24) is 15.1 Å². The highest BCUT2D eigenvalue weighted by Gasteiger charge is 2.28. The lowest BCUT2D eigenvalue weighted by Gasteiger charge is -2.26. The van der Waals surface area contributed by atoms with E-state index >= 15 is 0 Å². The molecule has 8 nitrogen and oxygen atoms in total. The zero-order chi connectivity index (χ0) is 19.4. The second-order valence-electron chi connectivity index (χ2n) is 5.88. The highest BCUT2D eigenvalue weighted by Crippen LogP contribution is 2.31. The number of hydrogen-bond donors (Lipinski definition) is 1. The Balaban J connectivity index is 1.72. The number of ether oxygens (including phenoxy) is 1. The number of anilines is 1. The minimum Gasteiger partial charge on any atom is -0.497 e. The number of benzene rings is 1. The molecule has 0 saturated carbocycles. The van der Waals surface area contributed by atoms with Gasteiger partial charge in [-0.2, -0.15) is 5.10 Å². The average molecular weight is 388 g/mol. The summed E-state index contributed by atoms with van der Waals surface area (Å²) in [4.78, 5) is 39.1.